The number of hydrogen-bond acceptors (Lipinski definition) is 3. The lowest BCUT2D eigenvalue weighted by Gasteiger charge is -2.35. The summed E-state index contributed by atoms with van der Waals surface area (Å²) in [6.45, 7) is 3.08. The number of benzene rings is 2. The van der Waals surface area contributed by atoms with E-state index < -0.39 is 0 Å². The number of carbonyl (C=O) groups excluding carboxylic acids is 3. The third kappa shape index (κ3) is 4.07. The van der Waals surface area contributed by atoms with Crippen LogP contribution in [0.25, 0.3) is 0 Å². The lowest BCUT2D eigenvalue weighted by atomic mass is 9.91. The lowest BCUT2D eigenvalue weighted by Crippen LogP contribution is -2.51. The zero-order valence-electron chi connectivity index (χ0n) is 17.6. The van der Waals surface area contributed by atoms with Gasteiger partial charge in [0.1, 0.15) is 0 Å². The molecule has 5 rings (SSSR count). The second kappa shape index (κ2) is 8.17. The normalized spacial score (nSPS) is 18.4. The minimum Gasteiger partial charge on any atom is -0.352 e. The molecule has 0 unspecified atom stereocenters. The Morgan fingerprint density at radius 1 is 0.968 bits per heavy atom. The van der Waals surface area contributed by atoms with Crippen LogP contribution in [0.5, 0.6) is 0 Å². The Balaban J connectivity index is 1.28. The largest absolute Gasteiger partial charge is 0.352 e. The molecule has 3 amide bonds. The van der Waals surface area contributed by atoms with Crippen LogP contribution in [0.3, 0.4) is 0 Å². The van der Waals surface area contributed by atoms with E-state index in [1.807, 2.05) is 46.2 Å². The Morgan fingerprint density at radius 3 is 2.48 bits per heavy atom. The number of amides is 3. The summed E-state index contributed by atoms with van der Waals surface area (Å²) in [7, 11) is 0. The number of nitrogens with one attached hydrogen (secondary N) is 1. The molecule has 2 aromatic rings. The molecule has 1 saturated carbocycles. The van der Waals surface area contributed by atoms with Gasteiger partial charge in [0.05, 0.1) is 0 Å². The van der Waals surface area contributed by atoms with E-state index in [4.69, 9.17) is 0 Å². The fourth-order valence-electron chi connectivity index (χ4n) is 4.64. The highest BCUT2D eigenvalue weighted by Gasteiger charge is 2.35. The van der Waals surface area contributed by atoms with Crippen molar-refractivity contribution in [3.8, 4) is 0 Å². The minimum absolute atomic E-state index is 0.00802. The van der Waals surface area contributed by atoms with Crippen molar-refractivity contribution in [1.29, 1.82) is 0 Å². The van der Waals surface area contributed by atoms with Crippen LogP contribution in [0.15, 0.2) is 42.5 Å². The summed E-state index contributed by atoms with van der Waals surface area (Å²) < 4.78 is 0. The molecule has 2 aliphatic heterocycles. The van der Waals surface area contributed by atoms with Crippen molar-refractivity contribution >= 4 is 17.7 Å². The SMILES string of the molecule is O=C1NCCc2c(Cc3cccc(C(=O)N4CCN(C(=O)C5CC5)CC4)c3)cccc21. The van der Waals surface area contributed by atoms with E-state index in [9.17, 15) is 14.4 Å². The van der Waals surface area contributed by atoms with Crippen LogP contribution in [-0.2, 0) is 17.6 Å². The van der Waals surface area contributed by atoms with Crippen molar-refractivity contribution < 1.29 is 14.4 Å². The predicted octanol–water partition coefficient (Wildman–Crippen LogP) is 2.26. The van der Waals surface area contributed by atoms with Gasteiger partial charge in [0.2, 0.25) is 5.91 Å². The van der Waals surface area contributed by atoms with Crippen LogP contribution in [0.4, 0.5) is 0 Å². The predicted molar refractivity (Wildman–Crippen MR) is 117 cm³/mol. The van der Waals surface area contributed by atoms with Gasteiger partial charge in [0, 0.05) is 49.8 Å². The average Bonchev–Trinajstić information content (AvgIpc) is 3.65. The number of fused-ring (bicyclic) bond motifs is 1. The summed E-state index contributed by atoms with van der Waals surface area (Å²) in [6, 6.07) is 13.7. The van der Waals surface area contributed by atoms with Crippen LogP contribution < -0.4 is 5.32 Å². The van der Waals surface area contributed by atoms with Gasteiger partial charge in [-0.15, -0.1) is 0 Å². The Morgan fingerprint density at radius 2 is 1.71 bits per heavy atom. The fourth-order valence-corrected chi connectivity index (χ4v) is 4.64. The highest BCUT2D eigenvalue weighted by Crippen LogP contribution is 2.31. The molecular formula is C25H27N3O3. The summed E-state index contributed by atoms with van der Waals surface area (Å²) >= 11 is 0. The Labute approximate surface area is 182 Å². The first-order valence-electron chi connectivity index (χ1n) is 11.2. The van der Waals surface area contributed by atoms with E-state index in [1.54, 1.807) is 0 Å². The Bertz CT molecular complexity index is 1040. The molecule has 0 atom stereocenters. The van der Waals surface area contributed by atoms with Gasteiger partial charge in [-0.1, -0.05) is 24.3 Å². The summed E-state index contributed by atoms with van der Waals surface area (Å²) in [5, 5.41) is 2.90. The number of hydrogen-bond donors (Lipinski definition) is 1. The average molecular weight is 418 g/mol. The molecule has 6 nitrogen and oxygen atoms in total. The third-order valence-electron chi connectivity index (χ3n) is 6.55. The van der Waals surface area contributed by atoms with Crippen molar-refractivity contribution in [2.45, 2.75) is 25.7 Å². The highest BCUT2D eigenvalue weighted by atomic mass is 16.2. The van der Waals surface area contributed by atoms with E-state index in [0.717, 1.165) is 41.5 Å². The van der Waals surface area contributed by atoms with Gasteiger partial charge in [0.25, 0.3) is 11.8 Å². The Kier molecular flexibility index (Phi) is 5.22. The lowest BCUT2D eigenvalue weighted by molar-refractivity contribution is -0.134. The van der Waals surface area contributed by atoms with Crippen molar-refractivity contribution in [2.24, 2.45) is 5.92 Å². The second-order valence-electron chi connectivity index (χ2n) is 8.72. The summed E-state index contributed by atoms with van der Waals surface area (Å²) in [5.41, 5.74) is 4.76. The van der Waals surface area contributed by atoms with Crippen LogP contribution in [0.2, 0.25) is 0 Å². The van der Waals surface area contributed by atoms with Gasteiger partial charge in [-0.3, -0.25) is 14.4 Å². The molecule has 1 saturated heterocycles. The molecule has 0 aromatic heterocycles. The third-order valence-corrected chi connectivity index (χ3v) is 6.55. The van der Waals surface area contributed by atoms with Crippen LogP contribution in [0, 0.1) is 5.92 Å². The number of rotatable bonds is 4. The quantitative estimate of drug-likeness (QED) is 0.830. The van der Waals surface area contributed by atoms with Gasteiger partial charge in [-0.05, 0) is 60.6 Å². The van der Waals surface area contributed by atoms with Crippen molar-refractivity contribution in [2.75, 3.05) is 32.7 Å². The zero-order valence-corrected chi connectivity index (χ0v) is 17.6. The summed E-state index contributed by atoms with van der Waals surface area (Å²) in [4.78, 5) is 41.2. The molecule has 160 valence electrons. The van der Waals surface area contributed by atoms with Gasteiger partial charge >= 0.3 is 0 Å². The van der Waals surface area contributed by atoms with E-state index >= 15 is 0 Å². The molecular weight excluding hydrogens is 390 g/mol. The van der Waals surface area contributed by atoms with Gasteiger partial charge in [0.15, 0.2) is 0 Å². The highest BCUT2D eigenvalue weighted by molar-refractivity contribution is 5.97. The molecule has 1 aliphatic carbocycles. The molecule has 3 aliphatic rings. The summed E-state index contributed by atoms with van der Waals surface area (Å²) in [5.74, 6) is 0.504. The molecule has 1 N–H and O–H groups in total. The smallest absolute Gasteiger partial charge is 0.253 e. The molecule has 2 fully saturated rings. The van der Waals surface area contributed by atoms with Crippen molar-refractivity contribution in [3.05, 3.63) is 70.3 Å². The maximum Gasteiger partial charge on any atom is 0.253 e. The van der Waals surface area contributed by atoms with Gasteiger partial charge < -0.3 is 15.1 Å². The first kappa shape index (κ1) is 19.8. The van der Waals surface area contributed by atoms with Crippen molar-refractivity contribution in [1.82, 2.24) is 15.1 Å². The van der Waals surface area contributed by atoms with E-state index in [2.05, 4.69) is 11.4 Å². The van der Waals surface area contributed by atoms with Gasteiger partial charge in [-0.25, -0.2) is 0 Å². The first-order valence-corrected chi connectivity index (χ1v) is 11.2. The molecule has 2 aromatic carbocycles. The standard InChI is InChI=1S/C25H27N3O3/c29-23-22-6-2-4-19(21(22)9-10-26-23)15-17-3-1-5-20(16-17)25(31)28-13-11-27(12-14-28)24(30)18-7-8-18/h1-6,16,18H,7-15H2,(H,26,29). The van der Waals surface area contributed by atoms with E-state index in [1.165, 1.54) is 0 Å². The summed E-state index contributed by atoms with van der Waals surface area (Å²) in [6.07, 6.45) is 3.56. The maximum absolute atomic E-state index is 13.1. The molecule has 31 heavy (non-hydrogen) atoms. The van der Waals surface area contributed by atoms with E-state index in [-0.39, 0.29) is 23.6 Å². The van der Waals surface area contributed by atoms with Crippen molar-refractivity contribution in [3.63, 3.8) is 0 Å². The zero-order chi connectivity index (χ0) is 21.4. The maximum atomic E-state index is 13.1. The number of piperazine rings is 1. The fraction of sp³-hybridized carbons (Fsp3) is 0.400. The molecule has 6 heteroatoms. The minimum atomic E-state index is -0.00802. The first-order chi connectivity index (χ1) is 15.1. The van der Waals surface area contributed by atoms with Crippen LogP contribution >= 0.6 is 0 Å². The van der Waals surface area contributed by atoms with Crippen LogP contribution in [-0.4, -0.2) is 60.2 Å². The molecule has 0 bridgehead atoms. The second-order valence-corrected chi connectivity index (χ2v) is 8.72. The number of carbonyl (C=O) groups is 3. The Hall–Kier alpha value is -3.15. The molecule has 0 radical (unpaired) electrons. The molecule has 2 heterocycles. The van der Waals surface area contributed by atoms with E-state index in [0.29, 0.717) is 44.7 Å². The van der Waals surface area contributed by atoms with Gasteiger partial charge in [-0.2, -0.15) is 0 Å². The van der Waals surface area contributed by atoms with Crippen LogP contribution in [0.1, 0.15) is 50.2 Å². The monoisotopic (exact) mass is 417 g/mol. The topological polar surface area (TPSA) is 69.7 Å². The number of nitrogens with zero attached hydrogens (tertiary/aromatic N) is 2. The molecule has 0 spiro atoms.